The lowest BCUT2D eigenvalue weighted by Gasteiger charge is -2.26. The quantitative estimate of drug-likeness (QED) is 0.787. The van der Waals surface area contributed by atoms with Gasteiger partial charge < -0.3 is 15.4 Å². The van der Waals surface area contributed by atoms with Gasteiger partial charge >= 0.3 is 6.03 Å². The van der Waals surface area contributed by atoms with E-state index in [4.69, 9.17) is 4.74 Å². The van der Waals surface area contributed by atoms with Crippen LogP contribution in [0.1, 0.15) is 11.1 Å². The van der Waals surface area contributed by atoms with Crippen molar-refractivity contribution in [2.24, 2.45) is 0 Å². The number of benzene rings is 2. The van der Waals surface area contributed by atoms with E-state index in [1.807, 2.05) is 30.3 Å². The minimum Gasteiger partial charge on any atom is -0.379 e. The molecule has 7 nitrogen and oxygen atoms in total. The van der Waals surface area contributed by atoms with Crippen molar-refractivity contribution < 1.29 is 17.9 Å². The van der Waals surface area contributed by atoms with E-state index in [1.54, 1.807) is 24.3 Å². The van der Waals surface area contributed by atoms with E-state index in [9.17, 15) is 13.2 Å². The van der Waals surface area contributed by atoms with Gasteiger partial charge in [-0.2, -0.15) is 4.31 Å². The molecule has 1 aliphatic rings. The monoisotopic (exact) mass is 389 g/mol. The Labute approximate surface area is 159 Å². The number of urea groups is 1. The zero-order valence-electron chi connectivity index (χ0n) is 14.9. The summed E-state index contributed by atoms with van der Waals surface area (Å²) in [6.45, 7) is 2.33. The first-order chi connectivity index (χ1) is 13.1. The number of carbonyl (C=O) groups is 1. The Kier molecular flexibility index (Phi) is 6.44. The fraction of sp³-hybridized carbons (Fsp3) is 0.316. The lowest BCUT2D eigenvalue weighted by Crippen LogP contribution is -2.40. The van der Waals surface area contributed by atoms with Gasteiger partial charge in [0.2, 0.25) is 10.0 Å². The molecule has 0 aliphatic carbocycles. The second-order valence-corrected chi connectivity index (χ2v) is 8.12. The van der Waals surface area contributed by atoms with Crippen LogP contribution in [0.5, 0.6) is 0 Å². The number of nitrogens with one attached hydrogen (secondary N) is 2. The molecular formula is C19H23N3O4S. The molecule has 0 unspecified atom stereocenters. The number of hydrogen-bond donors (Lipinski definition) is 2. The second kappa shape index (κ2) is 8.98. The normalized spacial score (nSPS) is 15.3. The maximum atomic E-state index is 12.6. The predicted molar refractivity (Wildman–Crippen MR) is 102 cm³/mol. The number of sulfonamides is 1. The molecule has 0 atom stereocenters. The molecule has 0 saturated carbocycles. The van der Waals surface area contributed by atoms with Crippen LogP contribution < -0.4 is 10.6 Å². The Morgan fingerprint density at radius 3 is 2.04 bits per heavy atom. The standard InChI is InChI=1S/C19H23N3O4S/c23-19(20-14-16-4-2-1-3-5-16)21-15-17-6-8-18(9-7-17)27(24,25)22-10-12-26-13-11-22/h1-9H,10-15H2,(H2,20,21,23). The molecule has 2 amide bonds. The molecule has 0 aromatic heterocycles. The molecule has 2 N–H and O–H groups in total. The molecule has 8 heteroatoms. The zero-order valence-corrected chi connectivity index (χ0v) is 15.7. The molecule has 144 valence electrons. The molecule has 1 heterocycles. The summed E-state index contributed by atoms with van der Waals surface area (Å²) in [6, 6.07) is 15.9. The number of morpholine rings is 1. The fourth-order valence-electron chi connectivity index (χ4n) is 2.74. The Morgan fingerprint density at radius 1 is 0.889 bits per heavy atom. The molecule has 1 fully saturated rings. The summed E-state index contributed by atoms with van der Waals surface area (Å²) >= 11 is 0. The second-order valence-electron chi connectivity index (χ2n) is 6.18. The number of hydrogen-bond acceptors (Lipinski definition) is 4. The van der Waals surface area contributed by atoms with E-state index in [1.165, 1.54) is 4.31 Å². The molecule has 1 saturated heterocycles. The van der Waals surface area contributed by atoms with Gasteiger partial charge in [0.1, 0.15) is 0 Å². The van der Waals surface area contributed by atoms with Gasteiger partial charge in [0.15, 0.2) is 0 Å². The summed E-state index contributed by atoms with van der Waals surface area (Å²) in [5, 5.41) is 5.55. The van der Waals surface area contributed by atoms with Crippen molar-refractivity contribution in [2.75, 3.05) is 26.3 Å². The highest BCUT2D eigenvalue weighted by Gasteiger charge is 2.25. The third-order valence-corrected chi connectivity index (χ3v) is 6.19. The number of carbonyl (C=O) groups excluding carboxylic acids is 1. The molecule has 27 heavy (non-hydrogen) atoms. The van der Waals surface area contributed by atoms with Gasteiger partial charge in [-0.25, -0.2) is 13.2 Å². The lowest BCUT2D eigenvalue weighted by atomic mass is 10.2. The Hall–Kier alpha value is -2.42. The van der Waals surface area contributed by atoms with Crippen LogP contribution in [0.15, 0.2) is 59.5 Å². The highest BCUT2D eigenvalue weighted by atomic mass is 32.2. The summed E-state index contributed by atoms with van der Waals surface area (Å²) in [6.07, 6.45) is 0. The van der Waals surface area contributed by atoms with Crippen molar-refractivity contribution in [3.05, 3.63) is 65.7 Å². The minimum atomic E-state index is -3.50. The van der Waals surface area contributed by atoms with Crippen molar-refractivity contribution in [3.63, 3.8) is 0 Å². The van der Waals surface area contributed by atoms with Crippen LogP contribution in [-0.2, 0) is 27.8 Å². The summed E-state index contributed by atoms with van der Waals surface area (Å²) in [5.41, 5.74) is 1.84. The SMILES string of the molecule is O=C(NCc1ccccc1)NCc1ccc(S(=O)(=O)N2CCOCC2)cc1. The Morgan fingerprint density at radius 2 is 1.44 bits per heavy atom. The van der Waals surface area contributed by atoms with Gasteiger partial charge in [-0.3, -0.25) is 0 Å². The average molecular weight is 389 g/mol. The molecule has 3 rings (SSSR count). The first-order valence-corrected chi connectivity index (χ1v) is 10.2. The Bertz CT molecular complexity index is 848. The number of ether oxygens (including phenoxy) is 1. The third kappa shape index (κ3) is 5.29. The van der Waals surface area contributed by atoms with E-state index < -0.39 is 10.0 Å². The average Bonchev–Trinajstić information content (AvgIpc) is 2.72. The van der Waals surface area contributed by atoms with Crippen LogP contribution in [0.2, 0.25) is 0 Å². The molecule has 1 aliphatic heterocycles. The van der Waals surface area contributed by atoms with Crippen molar-refractivity contribution in [1.82, 2.24) is 14.9 Å². The molecule has 0 spiro atoms. The fourth-order valence-corrected chi connectivity index (χ4v) is 4.15. The summed E-state index contributed by atoms with van der Waals surface area (Å²) in [4.78, 5) is 12.1. The lowest BCUT2D eigenvalue weighted by molar-refractivity contribution is 0.0730. The van der Waals surface area contributed by atoms with Crippen LogP contribution in [-0.4, -0.2) is 45.1 Å². The first kappa shape index (κ1) is 19.3. The van der Waals surface area contributed by atoms with Crippen molar-refractivity contribution in [3.8, 4) is 0 Å². The van der Waals surface area contributed by atoms with Gasteiger partial charge in [0, 0.05) is 26.2 Å². The maximum Gasteiger partial charge on any atom is 0.315 e. The highest BCUT2D eigenvalue weighted by molar-refractivity contribution is 7.89. The van der Waals surface area contributed by atoms with E-state index >= 15 is 0 Å². The van der Waals surface area contributed by atoms with Crippen LogP contribution in [0, 0.1) is 0 Å². The predicted octanol–water partition coefficient (Wildman–Crippen LogP) is 1.71. The molecule has 0 radical (unpaired) electrons. The van der Waals surface area contributed by atoms with E-state index in [0.29, 0.717) is 39.4 Å². The van der Waals surface area contributed by atoms with Gasteiger partial charge in [0.05, 0.1) is 18.1 Å². The number of rotatable bonds is 6. The summed E-state index contributed by atoms with van der Waals surface area (Å²) < 4.78 is 31.8. The van der Waals surface area contributed by atoms with Crippen molar-refractivity contribution >= 4 is 16.1 Å². The minimum absolute atomic E-state index is 0.252. The highest BCUT2D eigenvalue weighted by Crippen LogP contribution is 2.17. The van der Waals surface area contributed by atoms with Crippen LogP contribution in [0.3, 0.4) is 0 Å². The van der Waals surface area contributed by atoms with E-state index in [-0.39, 0.29) is 10.9 Å². The maximum absolute atomic E-state index is 12.6. The summed E-state index contributed by atoms with van der Waals surface area (Å²) in [7, 11) is -3.50. The zero-order chi connectivity index (χ0) is 19.1. The smallest absolute Gasteiger partial charge is 0.315 e. The molecule has 0 bridgehead atoms. The van der Waals surface area contributed by atoms with Gasteiger partial charge in [0.25, 0.3) is 0 Å². The first-order valence-electron chi connectivity index (χ1n) is 8.78. The molecule has 2 aromatic rings. The van der Waals surface area contributed by atoms with Crippen LogP contribution in [0.25, 0.3) is 0 Å². The van der Waals surface area contributed by atoms with Gasteiger partial charge in [-0.05, 0) is 23.3 Å². The largest absolute Gasteiger partial charge is 0.379 e. The van der Waals surface area contributed by atoms with Crippen LogP contribution in [0.4, 0.5) is 4.79 Å². The molecular weight excluding hydrogens is 366 g/mol. The van der Waals surface area contributed by atoms with E-state index in [0.717, 1.165) is 11.1 Å². The van der Waals surface area contributed by atoms with Crippen molar-refractivity contribution in [2.45, 2.75) is 18.0 Å². The van der Waals surface area contributed by atoms with Crippen molar-refractivity contribution in [1.29, 1.82) is 0 Å². The van der Waals surface area contributed by atoms with Gasteiger partial charge in [-0.15, -0.1) is 0 Å². The summed E-state index contributed by atoms with van der Waals surface area (Å²) in [5.74, 6) is 0. The number of amides is 2. The number of nitrogens with zero attached hydrogens (tertiary/aromatic N) is 1. The third-order valence-electron chi connectivity index (χ3n) is 4.28. The van der Waals surface area contributed by atoms with Crippen LogP contribution >= 0.6 is 0 Å². The van der Waals surface area contributed by atoms with Gasteiger partial charge in [-0.1, -0.05) is 42.5 Å². The Balaban J connectivity index is 1.50. The van der Waals surface area contributed by atoms with E-state index in [2.05, 4.69) is 10.6 Å². The topological polar surface area (TPSA) is 87.7 Å². The molecule has 2 aromatic carbocycles.